The third-order valence-corrected chi connectivity index (χ3v) is 22.8. The fourth-order valence-corrected chi connectivity index (χ4v) is 16.7. The minimum absolute atomic E-state index is 0. The Hall–Kier alpha value is -9.28. The number of benzene rings is 8. The molecular weight excluding hydrogens is 1710 g/mol. The van der Waals surface area contributed by atoms with Gasteiger partial charge in [-0.1, -0.05) is 264 Å². The predicted octanol–water partition coefficient (Wildman–Crippen LogP) is 28.4. The van der Waals surface area contributed by atoms with Gasteiger partial charge in [-0.05, 0) is 167 Å². The van der Waals surface area contributed by atoms with E-state index < -0.39 is 97.7 Å². The van der Waals surface area contributed by atoms with Crippen LogP contribution in [0.3, 0.4) is 0 Å². The molecule has 4 fully saturated rings. The van der Waals surface area contributed by atoms with Gasteiger partial charge in [-0.15, -0.1) is 26.3 Å². The van der Waals surface area contributed by atoms with Crippen molar-refractivity contribution in [1.29, 1.82) is 0 Å². The third-order valence-electron chi connectivity index (χ3n) is 20.9. The number of carbonyl (C=O) groups excluding carboxylic acids is 4. The standard InChI is InChI=1S/4C24H24Cl2N2O2.3CH4/c4*1-4-7-20-24(29)28(21(27-3)8-5-2)22(16-11-13-18(25)14-12-16)23(30-20)17-9-6-10-19(26)15-17;;;/h4*4,6,9-15,20-23H,1,5,7-8H2,2H3;3*1H4/t2*20-,21+,22+,23-;2*20-,21-,22+,23-;;;/m1010.../s1. The molecule has 0 aliphatic carbocycles. The van der Waals surface area contributed by atoms with Crippen molar-refractivity contribution in [3.63, 3.8) is 0 Å². The highest BCUT2D eigenvalue weighted by atomic mass is 35.5. The fraction of sp³-hybridized carbons (Fsp3) is 0.354. The SMILES string of the molecule is C.C.C.[C-]#[N+][C@@H](CCC)N1C(=O)[C@@H](CC=C)O[C@H](c2cccc(Cl)c2)[C@@H]1c1ccc(Cl)cc1.[C-]#[N+][C@@H](CCC)N1C(=O)[C@H](CC=C)O[C@@H](c2cccc(Cl)c2)[C@H]1c1ccc(Cl)cc1.[C-]#[N+][C@H](CCC)N1C(=O)[C@@H](CC=C)O[C@H](c2cccc(Cl)c2)[C@@H]1c1ccc(Cl)cc1.[C-]#[N+][C@H](CCC)N1C(=O)[C@H](CC=C)O[C@@H](c2cccc(Cl)c2)[C@H]1c1ccc(Cl)cc1. The highest BCUT2D eigenvalue weighted by molar-refractivity contribution is 6.32. The lowest BCUT2D eigenvalue weighted by atomic mass is 9.90. The molecule has 4 amide bonds. The van der Waals surface area contributed by atoms with Crippen LogP contribution in [-0.2, 0) is 38.1 Å². The van der Waals surface area contributed by atoms with E-state index in [-0.39, 0.29) is 45.9 Å². The van der Waals surface area contributed by atoms with Gasteiger partial charge in [0.25, 0.3) is 23.6 Å². The molecule has 4 heterocycles. The first kappa shape index (κ1) is 103. The predicted molar refractivity (Wildman–Crippen MR) is 501 cm³/mol. The quantitative estimate of drug-likeness (QED) is 0.0349. The van der Waals surface area contributed by atoms with Crippen molar-refractivity contribution >= 4 is 116 Å². The number of rotatable bonds is 28. The zero-order chi connectivity index (χ0) is 86.7. The van der Waals surface area contributed by atoms with Gasteiger partial charge in [0.15, 0.2) is 0 Å². The molecule has 0 saturated carbocycles. The van der Waals surface area contributed by atoms with Crippen LogP contribution in [0.25, 0.3) is 19.4 Å². The first-order chi connectivity index (χ1) is 58.0. The monoisotopic (exact) mass is 1820 g/mol. The number of carbonyl (C=O) groups is 4. The van der Waals surface area contributed by atoms with Crippen LogP contribution in [-0.4, -0.2) is 92.3 Å². The van der Waals surface area contributed by atoms with Gasteiger partial charge in [0.2, 0.25) is 0 Å². The zero-order valence-corrected chi connectivity index (χ0v) is 73.3. The van der Waals surface area contributed by atoms with Crippen molar-refractivity contribution in [2.45, 2.75) is 225 Å². The van der Waals surface area contributed by atoms with E-state index in [1.807, 2.05) is 149 Å². The van der Waals surface area contributed by atoms with E-state index in [0.29, 0.717) is 91.5 Å². The van der Waals surface area contributed by atoms with Gasteiger partial charge in [-0.3, -0.25) is 58.2 Å². The number of ether oxygens (including phenoxy) is 4. The van der Waals surface area contributed by atoms with E-state index in [0.717, 1.165) is 70.2 Å². The van der Waals surface area contributed by atoms with Crippen LogP contribution >= 0.6 is 92.8 Å². The van der Waals surface area contributed by atoms with Crippen LogP contribution in [0.4, 0.5) is 0 Å². The van der Waals surface area contributed by atoms with Crippen molar-refractivity contribution in [2.75, 3.05) is 0 Å². The van der Waals surface area contributed by atoms with E-state index in [2.05, 4.69) is 45.7 Å². The molecule has 0 aromatic heterocycles. The van der Waals surface area contributed by atoms with E-state index in [9.17, 15) is 19.2 Å². The Labute approximate surface area is 768 Å². The Bertz CT molecular complexity index is 4380. The van der Waals surface area contributed by atoms with Crippen molar-refractivity contribution in [2.24, 2.45) is 0 Å². The Morgan fingerprint density at radius 3 is 0.626 bits per heavy atom. The van der Waals surface area contributed by atoms with Crippen LogP contribution in [0.15, 0.2) is 245 Å². The molecule has 8 aromatic rings. The summed E-state index contributed by atoms with van der Waals surface area (Å²) in [7, 11) is 0. The molecule has 16 atom stereocenters. The Kier molecular flexibility index (Phi) is 42.2. The molecule has 24 heteroatoms. The molecule has 4 saturated heterocycles. The van der Waals surface area contributed by atoms with Crippen molar-refractivity contribution < 1.29 is 38.1 Å². The van der Waals surface area contributed by atoms with Crippen molar-refractivity contribution in [3.05, 3.63) is 375 Å². The van der Waals surface area contributed by atoms with Gasteiger partial charge < -0.3 is 18.9 Å². The minimum atomic E-state index is -0.698. The second-order valence-electron chi connectivity index (χ2n) is 29.1. The number of nitrogens with zero attached hydrogens (tertiary/aromatic N) is 8. The Balaban J connectivity index is 0.000000252. The first-order valence-corrected chi connectivity index (χ1v) is 42.9. The number of hydrogen-bond acceptors (Lipinski definition) is 8. The number of hydrogen-bond donors (Lipinski definition) is 0. The maximum absolute atomic E-state index is 13.4. The molecule has 0 spiro atoms. The van der Waals surface area contributed by atoms with Gasteiger partial charge in [-0.2, -0.15) is 0 Å². The molecule has 0 N–H and O–H groups in total. The molecule has 12 rings (SSSR count). The molecule has 8 aromatic carbocycles. The lowest BCUT2D eigenvalue weighted by Crippen LogP contribution is -2.53. The molecule has 0 radical (unpaired) electrons. The minimum Gasteiger partial charge on any atom is -0.358 e. The number of morpholine rings is 4. The van der Waals surface area contributed by atoms with Gasteiger partial charge in [-0.25, -0.2) is 26.3 Å². The molecule has 123 heavy (non-hydrogen) atoms. The third kappa shape index (κ3) is 26.0. The first-order valence-electron chi connectivity index (χ1n) is 39.8. The average Bonchev–Trinajstić information content (AvgIpc) is 0.775. The van der Waals surface area contributed by atoms with Gasteiger partial charge in [0.1, 0.15) is 48.8 Å². The van der Waals surface area contributed by atoms with Crippen molar-refractivity contribution in [1.82, 2.24) is 19.6 Å². The summed E-state index contributed by atoms with van der Waals surface area (Å²) < 4.78 is 25.3. The van der Waals surface area contributed by atoms with Crippen LogP contribution in [0, 0.1) is 26.3 Å². The van der Waals surface area contributed by atoms with Gasteiger partial charge in [0, 0.05) is 91.5 Å². The second-order valence-corrected chi connectivity index (χ2v) is 32.6. The molecular formula is C99H108Cl8N8O8. The van der Waals surface area contributed by atoms with Crippen LogP contribution in [0.1, 0.15) is 220 Å². The molecule has 4 aliphatic heterocycles. The maximum Gasteiger partial charge on any atom is 0.301 e. The smallest absolute Gasteiger partial charge is 0.301 e. The summed E-state index contributed by atoms with van der Waals surface area (Å²) in [6.07, 6.45) is 6.64. The summed E-state index contributed by atoms with van der Waals surface area (Å²) in [5.74, 6) is -0.768. The van der Waals surface area contributed by atoms with Gasteiger partial charge in [0.05, 0.1) is 24.2 Å². The Morgan fingerprint density at radius 2 is 0.480 bits per heavy atom. The summed E-state index contributed by atoms with van der Waals surface area (Å²) in [5.41, 5.74) is 6.87. The van der Waals surface area contributed by atoms with Gasteiger partial charge >= 0.3 is 24.7 Å². The normalized spacial score (nSPS) is 21.9. The van der Waals surface area contributed by atoms with E-state index in [1.54, 1.807) is 117 Å². The summed E-state index contributed by atoms with van der Waals surface area (Å²) in [5, 5.41) is 4.77. The van der Waals surface area contributed by atoms with E-state index in [4.69, 9.17) is 138 Å². The van der Waals surface area contributed by atoms with Crippen LogP contribution < -0.4 is 0 Å². The zero-order valence-electron chi connectivity index (χ0n) is 67.2. The maximum atomic E-state index is 13.4. The average molecular weight is 1820 g/mol. The van der Waals surface area contributed by atoms with Crippen molar-refractivity contribution in [3.8, 4) is 0 Å². The van der Waals surface area contributed by atoms with E-state index >= 15 is 0 Å². The molecule has 0 bridgehead atoms. The summed E-state index contributed by atoms with van der Waals surface area (Å²) in [6, 6.07) is 57.3. The topological polar surface area (TPSA) is 136 Å². The molecule has 648 valence electrons. The fourth-order valence-electron chi connectivity index (χ4n) is 15.5. The second kappa shape index (κ2) is 50.6. The highest BCUT2D eigenvalue weighted by Gasteiger charge is 2.53. The Morgan fingerprint density at radius 1 is 0.301 bits per heavy atom. The van der Waals surface area contributed by atoms with Crippen LogP contribution in [0.2, 0.25) is 40.2 Å². The molecule has 0 unspecified atom stereocenters. The lowest BCUT2D eigenvalue weighted by Gasteiger charge is -2.44. The largest absolute Gasteiger partial charge is 0.358 e. The lowest BCUT2D eigenvalue weighted by molar-refractivity contribution is -0.177. The summed E-state index contributed by atoms with van der Waals surface area (Å²) in [4.78, 5) is 75.8. The highest BCUT2D eigenvalue weighted by Crippen LogP contribution is 2.50. The summed E-state index contributed by atoms with van der Waals surface area (Å²) >= 11 is 49.5. The summed E-state index contributed by atoms with van der Waals surface area (Å²) in [6.45, 7) is 54.2. The molecule has 16 nitrogen and oxygen atoms in total. The van der Waals surface area contributed by atoms with E-state index in [1.165, 1.54) is 0 Å². The van der Waals surface area contributed by atoms with Crippen LogP contribution in [0.5, 0.6) is 0 Å². The number of halogens is 8. The number of amides is 4. The molecule has 4 aliphatic rings.